The molecule has 0 bridgehead atoms. The lowest BCUT2D eigenvalue weighted by Gasteiger charge is -2.26. The molecule has 8 heteroatoms. The lowest BCUT2D eigenvalue weighted by atomic mass is 9.85. The third kappa shape index (κ3) is 4.69. The highest BCUT2D eigenvalue weighted by molar-refractivity contribution is 6.08. The molecule has 1 saturated heterocycles. The number of hydrogen-bond donors (Lipinski definition) is 0. The molecule has 8 nitrogen and oxygen atoms in total. The van der Waals surface area contributed by atoms with Gasteiger partial charge in [0.2, 0.25) is 17.7 Å². The van der Waals surface area contributed by atoms with Crippen molar-refractivity contribution in [3.63, 3.8) is 0 Å². The summed E-state index contributed by atoms with van der Waals surface area (Å²) in [6, 6.07) is 6.29. The summed E-state index contributed by atoms with van der Waals surface area (Å²) in [5.74, 6) is -0.717. The maximum Gasteiger partial charge on any atom is 0.329 e. The molecule has 4 rings (SSSR count). The van der Waals surface area contributed by atoms with E-state index in [0.717, 1.165) is 16.2 Å². The monoisotopic (exact) mass is 452 g/mol. The second kappa shape index (κ2) is 9.60. The van der Waals surface area contributed by atoms with E-state index in [4.69, 9.17) is 13.9 Å². The summed E-state index contributed by atoms with van der Waals surface area (Å²) in [5, 5.41) is 0. The van der Waals surface area contributed by atoms with Crippen molar-refractivity contribution in [2.24, 2.45) is 17.8 Å². The summed E-state index contributed by atoms with van der Waals surface area (Å²) >= 11 is 0. The first-order valence-electron chi connectivity index (χ1n) is 11.2. The van der Waals surface area contributed by atoms with Crippen molar-refractivity contribution in [2.75, 3.05) is 7.11 Å². The van der Waals surface area contributed by atoms with Gasteiger partial charge in [-0.05, 0) is 49.4 Å². The molecule has 1 aliphatic heterocycles. The Balaban J connectivity index is 1.44. The number of carbonyl (C=O) groups is 3. The molecule has 2 aromatic rings. The molecule has 1 aromatic heterocycles. The fourth-order valence-corrected chi connectivity index (χ4v) is 4.37. The average Bonchev–Trinajstić information content (AvgIpc) is 3.39. The van der Waals surface area contributed by atoms with Crippen LogP contribution in [0.1, 0.15) is 38.8 Å². The summed E-state index contributed by atoms with van der Waals surface area (Å²) in [6.07, 6.45) is 6.69. The van der Waals surface area contributed by atoms with Gasteiger partial charge in [0.05, 0.1) is 18.9 Å². The van der Waals surface area contributed by atoms with E-state index in [2.05, 4.69) is 4.98 Å². The number of oxazole rings is 1. The summed E-state index contributed by atoms with van der Waals surface area (Å²) in [7, 11) is 1.59. The lowest BCUT2D eigenvalue weighted by Crippen LogP contribution is -2.47. The van der Waals surface area contributed by atoms with Crippen LogP contribution >= 0.6 is 0 Å². The van der Waals surface area contributed by atoms with Gasteiger partial charge in [-0.25, -0.2) is 9.78 Å². The highest BCUT2D eigenvalue weighted by Crippen LogP contribution is 2.37. The van der Waals surface area contributed by atoms with Crippen molar-refractivity contribution in [1.29, 1.82) is 0 Å². The first-order chi connectivity index (χ1) is 15.9. The van der Waals surface area contributed by atoms with Crippen LogP contribution < -0.4 is 4.74 Å². The Morgan fingerprint density at radius 2 is 1.76 bits per heavy atom. The molecule has 2 heterocycles. The fourth-order valence-electron chi connectivity index (χ4n) is 4.37. The van der Waals surface area contributed by atoms with Crippen LogP contribution in [0.4, 0.5) is 0 Å². The minimum atomic E-state index is -0.941. The van der Waals surface area contributed by atoms with Crippen LogP contribution in [0.5, 0.6) is 5.75 Å². The van der Waals surface area contributed by atoms with Crippen molar-refractivity contribution in [3.8, 4) is 17.2 Å². The number of hydrogen-bond acceptors (Lipinski definition) is 7. The Morgan fingerprint density at radius 1 is 1.12 bits per heavy atom. The van der Waals surface area contributed by atoms with Crippen molar-refractivity contribution in [2.45, 2.75) is 45.8 Å². The van der Waals surface area contributed by atoms with Crippen molar-refractivity contribution in [3.05, 3.63) is 48.4 Å². The summed E-state index contributed by atoms with van der Waals surface area (Å²) in [6.45, 7) is 3.77. The van der Waals surface area contributed by atoms with Gasteiger partial charge >= 0.3 is 5.97 Å². The number of aromatic nitrogens is 1. The molecule has 0 spiro atoms. The zero-order valence-electron chi connectivity index (χ0n) is 19.0. The summed E-state index contributed by atoms with van der Waals surface area (Å²) in [4.78, 5) is 44.5. The number of nitrogens with zero attached hydrogens (tertiary/aromatic N) is 2. The van der Waals surface area contributed by atoms with E-state index in [-0.39, 0.29) is 36.2 Å². The number of fused-ring (bicyclic) bond motifs is 1. The largest absolute Gasteiger partial charge is 0.497 e. The Bertz CT molecular complexity index is 1030. The first-order valence-corrected chi connectivity index (χ1v) is 11.2. The minimum Gasteiger partial charge on any atom is -0.497 e. The van der Waals surface area contributed by atoms with Crippen LogP contribution in [-0.2, 0) is 25.7 Å². The zero-order valence-corrected chi connectivity index (χ0v) is 19.0. The standard InChI is InChI=1S/C25H28N2O6/c1-15(2)12-21(27-23(28)19-6-4-5-7-20(19)24(27)29)25(30)33-14-17-13-32-22(26-17)16-8-10-18(31-3)11-9-16/h4-5,8-11,13,15,19-21H,6-7,12,14H2,1-3H3. The number of imide groups is 1. The van der Waals surface area contributed by atoms with Crippen molar-refractivity contribution < 1.29 is 28.3 Å². The van der Waals surface area contributed by atoms with E-state index < -0.39 is 12.0 Å². The molecule has 0 N–H and O–H groups in total. The summed E-state index contributed by atoms with van der Waals surface area (Å²) < 4.78 is 16.2. The fraction of sp³-hybridized carbons (Fsp3) is 0.440. The number of rotatable bonds is 8. The van der Waals surface area contributed by atoms with Gasteiger partial charge in [-0.2, -0.15) is 0 Å². The van der Waals surface area contributed by atoms with E-state index in [9.17, 15) is 14.4 Å². The average molecular weight is 453 g/mol. The number of likely N-dealkylation sites (tertiary alicyclic amines) is 1. The van der Waals surface area contributed by atoms with Crippen LogP contribution in [-0.4, -0.2) is 40.8 Å². The topological polar surface area (TPSA) is 98.9 Å². The van der Waals surface area contributed by atoms with Crippen LogP contribution in [0.15, 0.2) is 47.1 Å². The molecule has 3 unspecified atom stereocenters. The van der Waals surface area contributed by atoms with Crippen LogP contribution in [0, 0.1) is 17.8 Å². The maximum atomic E-state index is 13.0. The Labute approximate surface area is 192 Å². The lowest BCUT2D eigenvalue weighted by molar-refractivity contribution is -0.160. The Hall–Kier alpha value is -3.42. The number of allylic oxidation sites excluding steroid dienone is 2. The first kappa shape index (κ1) is 22.8. The smallest absolute Gasteiger partial charge is 0.329 e. The molecule has 0 saturated carbocycles. The molecule has 1 aromatic carbocycles. The predicted octanol–water partition coefficient (Wildman–Crippen LogP) is 3.76. The van der Waals surface area contributed by atoms with Crippen molar-refractivity contribution >= 4 is 17.8 Å². The van der Waals surface area contributed by atoms with Crippen LogP contribution in [0.3, 0.4) is 0 Å². The van der Waals surface area contributed by atoms with E-state index in [1.807, 2.05) is 38.1 Å². The second-order valence-electron chi connectivity index (χ2n) is 8.83. The van der Waals surface area contributed by atoms with Gasteiger partial charge in [0.15, 0.2) is 0 Å². The number of ether oxygens (including phenoxy) is 2. The molecule has 1 fully saturated rings. The number of methoxy groups -OCH3 is 1. The van der Waals surface area contributed by atoms with Gasteiger partial charge in [0.25, 0.3) is 0 Å². The molecule has 1 aliphatic carbocycles. The van der Waals surface area contributed by atoms with Gasteiger partial charge in [-0.1, -0.05) is 26.0 Å². The van der Waals surface area contributed by atoms with E-state index >= 15 is 0 Å². The van der Waals surface area contributed by atoms with Crippen molar-refractivity contribution in [1.82, 2.24) is 9.88 Å². The number of amides is 2. The molecule has 174 valence electrons. The predicted molar refractivity (Wildman–Crippen MR) is 119 cm³/mol. The quantitative estimate of drug-likeness (QED) is 0.342. The Morgan fingerprint density at radius 3 is 2.33 bits per heavy atom. The molecular formula is C25H28N2O6. The zero-order chi connectivity index (χ0) is 23.5. The third-order valence-electron chi connectivity index (χ3n) is 6.07. The van der Waals surface area contributed by atoms with Gasteiger partial charge in [-0.15, -0.1) is 0 Å². The molecule has 2 aliphatic rings. The van der Waals surface area contributed by atoms with E-state index in [0.29, 0.717) is 30.8 Å². The van der Waals surface area contributed by atoms with Crippen LogP contribution in [0.2, 0.25) is 0 Å². The number of esters is 1. The number of carbonyl (C=O) groups excluding carboxylic acids is 3. The molecular weight excluding hydrogens is 424 g/mol. The second-order valence-corrected chi connectivity index (χ2v) is 8.83. The molecule has 0 radical (unpaired) electrons. The minimum absolute atomic E-state index is 0.0950. The SMILES string of the molecule is COc1ccc(-c2nc(COC(=O)C(CC(C)C)N3C(=O)C4CC=CCC4C3=O)co2)cc1. The molecule has 33 heavy (non-hydrogen) atoms. The number of benzene rings is 1. The van der Waals surface area contributed by atoms with E-state index in [1.165, 1.54) is 6.26 Å². The highest BCUT2D eigenvalue weighted by atomic mass is 16.5. The van der Waals surface area contributed by atoms with Gasteiger partial charge in [0, 0.05) is 5.56 Å². The van der Waals surface area contributed by atoms with E-state index in [1.54, 1.807) is 19.2 Å². The summed E-state index contributed by atoms with van der Waals surface area (Å²) in [5.41, 5.74) is 1.20. The van der Waals surface area contributed by atoms with Gasteiger partial charge in [0.1, 0.15) is 30.4 Å². The Kier molecular flexibility index (Phi) is 6.62. The molecule has 2 amide bonds. The van der Waals surface area contributed by atoms with Crippen LogP contribution in [0.25, 0.3) is 11.5 Å². The normalized spacial score (nSPS) is 20.8. The molecule has 3 atom stereocenters. The van der Waals surface area contributed by atoms with Gasteiger partial charge < -0.3 is 13.9 Å². The highest BCUT2D eigenvalue weighted by Gasteiger charge is 2.51. The maximum absolute atomic E-state index is 13.0. The van der Waals surface area contributed by atoms with Gasteiger partial charge in [-0.3, -0.25) is 14.5 Å². The third-order valence-corrected chi connectivity index (χ3v) is 6.07.